The second kappa shape index (κ2) is 11.5. The summed E-state index contributed by atoms with van der Waals surface area (Å²) >= 11 is 12.4. The molecule has 0 unspecified atom stereocenters. The molecule has 0 bridgehead atoms. The number of benzene rings is 2. The summed E-state index contributed by atoms with van der Waals surface area (Å²) < 4.78 is 11.8. The number of halogens is 2. The number of carbonyl (C=O) groups is 2. The van der Waals surface area contributed by atoms with Crippen LogP contribution in [0.3, 0.4) is 0 Å². The molecule has 1 aromatic heterocycles. The van der Waals surface area contributed by atoms with E-state index in [2.05, 4.69) is 25.9 Å². The van der Waals surface area contributed by atoms with Crippen molar-refractivity contribution in [3.8, 4) is 11.4 Å². The second-order valence-corrected chi connectivity index (χ2v) is 10.5. The zero-order valence-electron chi connectivity index (χ0n) is 20.7. The zero-order chi connectivity index (χ0) is 26.6. The molecule has 1 aliphatic rings. The fourth-order valence-electron chi connectivity index (χ4n) is 4.03. The third-order valence-corrected chi connectivity index (χ3v) is 6.47. The van der Waals surface area contributed by atoms with Crippen LogP contribution in [0.1, 0.15) is 42.8 Å². The summed E-state index contributed by atoms with van der Waals surface area (Å²) in [6.45, 7) is 6.64. The van der Waals surface area contributed by atoms with Gasteiger partial charge in [0.05, 0.1) is 22.8 Å². The molecule has 0 radical (unpaired) electrons. The summed E-state index contributed by atoms with van der Waals surface area (Å²) in [5.41, 5.74) is 1.29. The van der Waals surface area contributed by atoms with Crippen LogP contribution in [0.15, 0.2) is 42.5 Å². The fraction of sp³-hybridized carbons (Fsp3) is 0.400. The fourth-order valence-corrected chi connectivity index (χ4v) is 4.34. The maximum absolute atomic E-state index is 13.1. The minimum absolute atomic E-state index is 0.233. The molecule has 12 heteroatoms. The molecule has 1 saturated heterocycles. The Labute approximate surface area is 224 Å². The molecule has 2 heterocycles. The number of carbonyl (C=O) groups excluding carboxylic acids is 2. The smallest absolute Gasteiger partial charge is 0.410 e. The topological polar surface area (TPSA) is 122 Å². The van der Waals surface area contributed by atoms with E-state index in [1.54, 1.807) is 41.3 Å². The molecular formula is C25H28Cl2N6O4. The van der Waals surface area contributed by atoms with Crippen LogP contribution in [-0.2, 0) is 9.47 Å². The van der Waals surface area contributed by atoms with E-state index >= 15 is 0 Å². The van der Waals surface area contributed by atoms with E-state index < -0.39 is 17.8 Å². The van der Waals surface area contributed by atoms with Gasteiger partial charge in [-0.25, -0.2) is 9.89 Å². The number of tetrazole rings is 1. The van der Waals surface area contributed by atoms with Gasteiger partial charge in [0, 0.05) is 36.7 Å². The molecule has 2 N–H and O–H groups in total. The predicted molar refractivity (Wildman–Crippen MR) is 138 cm³/mol. The van der Waals surface area contributed by atoms with E-state index in [0.717, 1.165) is 5.56 Å². The van der Waals surface area contributed by atoms with E-state index in [-0.39, 0.29) is 18.4 Å². The average molecular weight is 547 g/mol. The van der Waals surface area contributed by atoms with Gasteiger partial charge in [-0.05, 0) is 61.0 Å². The molecule has 3 aromatic rings. The van der Waals surface area contributed by atoms with Crippen LogP contribution in [0, 0.1) is 5.92 Å². The summed E-state index contributed by atoms with van der Waals surface area (Å²) in [7, 11) is 0. The summed E-state index contributed by atoms with van der Waals surface area (Å²) in [5.74, 6) is -0.118. The number of nitrogens with zero attached hydrogens (tertiary/aromatic N) is 4. The van der Waals surface area contributed by atoms with Crippen LogP contribution in [0.5, 0.6) is 0 Å². The molecule has 0 spiro atoms. The molecule has 37 heavy (non-hydrogen) atoms. The van der Waals surface area contributed by atoms with Crippen LogP contribution in [0.2, 0.25) is 10.0 Å². The monoisotopic (exact) mass is 546 g/mol. The Morgan fingerprint density at radius 2 is 2.00 bits per heavy atom. The Balaban J connectivity index is 1.54. The van der Waals surface area contributed by atoms with Gasteiger partial charge < -0.3 is 19.7 Å². The maximum Gasteiger partial charge on any atom is 0.410 e. The predicted octanol–water partition coefficient (Wildman–Crippen LogP) is 4.53. The van der Waals surface area contributed by atoms with Crippen LogP contribution in [0.25, 0.3) is 11.4 Å². The molecule has 0 aliphatic carbocycles. The number of hydrogen-bond acceptors (Lipinski definition) is 7. The highest BCUT2D eigenvalue weighted by Gasteiger charge is 2.33. The number of aromatic nitrogens is 4. The Kier molecular flexibility index (Phi) is 8.31. The van der Waals surface area contributed by atoms with Crippen molar-refractivity contribution in [2.45, 2.75) is 32.5 Å². The van der Waals surface area contributed by atoms with Gasteiger partial charge in [0.25, 0.3) is 5.91 Å². The molecular weight excluding hydrogens is 519 g/mol. The SMILES string of the molecule is CC(C)(C)OC(=O)N1CCO[C@@H](c2ccc(Cl)c(Cl)c2)[C@H](CNC(=O)c2cccc(-c3nnn[nH]3)c2)C1. The first kappa shape index (κ1) is 26.8. The van der Waals surface area contributed by atoms with E-state index in [1.165, 1.54) is 0 Å². The zero-order valence-corrected chi connectivity index (χ0v) is 22.2. The van der Waals surface area contributed by atoms with Crippen LogP contribution < -0.4 is 5.32 Å². The lowest BCUT2D eigenvalue weighted by atomic mass is 9.94. The highest BCUT2D eigenvalue weighted by molar-refractivity contribution is 6.42. The standard InChI is InChI=1S/C25H28Cl2N6O4/c1-25(2,3)37-24(35)33-9-10-36-21(15-7-8-19(26)20(27)12-15)18(14-33)13-28-23(34)17-6-4-5-16(11-17)22-29-31-32-30-22/h4-8,11-12,18,21H,9-10,13-14H2,1-3H3,(H,28,34)(H,29,30,31,32)/t18-,21+/m1/s1. The Bertz CT molecular complexity index is 1250. The van der Waals surface area contributed by atoms with E-state index in [1.807, 2.05) is 26.8 Å². The minimum atomic E-state index is -0.638. The minimum Gasteiger partial charge on any atom is -0.444 e. The summed E-state index contributed by atoms with van der Waals surface area (Å²) in [6, 6.07) is 12.3. The number of ether oxygens (including phenoxy) is 2. The van der Waals surface area contributed by atoms with Crippen molar-refractivity contribution < 1.29 is 19.1 Å². The van der Waals surface area contributed by atoms with Crippen LogP contribution in [-0.4, -0.2) is 69.4 Å². The molecule has 2 aromatic carbocycles. The highest BCUT2D eigenvalue weighted by Crippen LogP contribution is 2.33. The van der Waals surface area contributed by atoms with Gasteiger partial charge in [-0.15, -0.1) is 5.10 Å². The van der Waals surface area contributed by atoms with Crippen molar-refractivity contribution in [3.05, 3.63) is 63.6 Å². The Hall–Kier alpha value is -3.21. The number of amides is 2. The molecule has 196 valence electrons. The first-order chi connectivity index (χ1) is 17.6. The summed E-state index contributed by atoms with van der Waals surface area (Å²) in [6.07, 6.45) is -0.871. The molecule has 2 amide bonds. The maximum atomic E-state index is 13.1. The van der Waals surface area contributed by atoms with Gasteiger partial charge in [-0.3, -0.25) is 4.79 Å². The number of hydrogen-bond donors (Lipinski definition) is 2. The molecule has 4 rings (SSSR count). The first-order valence-electron chi connectivity index (χ1n) is 11.8. The molecule has 0 saturated carbocycles. The Morgan fingerprint density at radius 3 is 2.70 bits per heavy atom. The third-order valence-electron chi connectivity index (χ3n) is 5.73. The third kappa shape index (κ3) is 6.97. The number of H-pyrrole nitrogens is 1. The lowest BCUT2D eigenvalue weighted by Crippen LogP contribution is -2.42. The van der Waals surface area contributed by atoms with Gasteiger partial charge in [0.2, 0.25) is 0 Å². The highest BCUT2D eigenvalue weighted by atomic mass is 35.5. The number of aromatic amines is 1. The Morgan fingerprint density at radius 1 is 1.19 bits per heavy atom. The van der Waals surface area contributed by atoms with Crippen LogP contribution in [0.4, 0.5) is 4.79 Å². The lowest BCUT2D eigenvalue weighted by molar-refractivity contribution is 0.0231. The normalized spacial score (nSPS) is 18.2. The van der Waals surface area contributed by atoms with Crippen LogP contribution >= 0.6 is 23.2 Å². The molecule has 10 nitrogen and oxygen atoms in total. The van der Waals surface area contributed by atoms with Crippen molar-refractivity contribution in [1.29, 1.82) is 0 Å². The largest absolute Gasteiger partial charge is 0.444 e. The molecule has 1 fully saturated rings. The first-order valence-corrected chi connectivity index (χ1v) is 12.5. The van der Waals surface area contributed by atoms with Gasteiger partial charge in [-0.1, -0.05) is 41.4 Å². The molecule has 1 aliphatic heterocycles. The van der Waals surface area contributed by atoms with Crippen molar-refractivity contribution >= 4 is 35.2 Å². The quantitative estimate of drug-likeness (QED) is 0.481. The van der Waals surface area contributed by atoms with Crippen molar-refractivity contribution in [3.63, 3.8) is 0 Å². The van der Waals surface area contributed by atoms with Crippen molar-refractivity contribution in [1.82, 2.24) is 30.8 Å². The van der Waals surface area contributed by atoms with Crippen molar-refractivity contribution in [2.75, 3.05) is 26.2 Å². The van der Waals surface area contributed by atoms with Gasteiger partial charge >= 0.3 is 6.09 Å². The van der Waals surface area contributed by atoms with Gasteiger partial charge in [0.1, 0.15) is 5.60 Å². The van der Waals surface area contributed by atoms with E-state index in [9.17, 15) is 9.59 Å². The lowest BCUT2D eigenvalue weighted by Gasteiger charge is -2.30. The van der Waals surface area contributed by atoms with E-state index in [4.69, 9.17) is 32.7 Å². The summed E-state index contributed by atoms with van der Waals surface area (Å²) in [4.78, 5) is 27.6. The molecule has 2 atom stereocenters. The second-order valence-electron chi connectivity index (χ2n) is 9.69. The van der Waals surface area contributed by atoms with Gasteiger partial charge in [0.15, 0.2) is 5.82 Å². The van der Waals surface area contributed by atoms with Crippen molar-refractivity contribution in [2.24, 2.45) is 5.92 Å². The number of rotatable bonds is 5. The average Bonchev–Trinajstić information content (AvgIpc) is 3.31. The summed E-state index contributed by atoms with van der Waals surface area (Å²) in [5, 5.41) is 17.5. The number of nitrogens with one attached hydrogen (secondary N) is 2. The van der Waals surface area contributed by atoms with Gasteiger partial charge in [-0.2, -0.15) is 0 Å². The van der Waals surface area contributed by atoms with E-state index in [0.29, 0.717) is 46.7 Å².